The van der Waals surface area contributed by atoms with Crippen LogP contribution in [0.1, 0.15) is 18.9 Å². The SMILES string of the molecule is CN(CC(C)(N)c1ccccc1)C1CCS(=O)(=O)C1. The van der Waals surface area contributed by atoms with Gasteiger partial charge < -0.3 is 10.6 Å². The van der Waals surface area contributed by atoms with Crippen LogP contribution < -0.4 is 5.73 Å². The maximum absolute atomic E-state index is 11.5. The van der Waals surface area contributed by atoms with E-state index in [-0.39, 0.29) is 11.8 Å². The fourth-order valence-corrected chi connectivity index (χ4v) is 4.49. The Labute approximate surface area is 115 Å². The fraction of sp³-hybridized carbons (Fsp3) is 0.571. The molecular formula is C14H22N2O2S. The molecule has 0 saturated carbocycles. The van der Waals surface area contributed by atoms with E-state index in [1.165, 1.54) is 0 Å². The van der Waals surface area contributed by atoms with Crippen molar-refractivity contribution in [1.29, 1.82) is 0 Å². The van der Waals surface area contributed by atoms with Gasteiger partial charge in [0, 0.05) is 12.6 Å². The molecule has 2 atom stereocenters. The Morgan fingerprint density at radius 2 is 2.00 bits per heavy atom. The molecule has 0 spiro atoms. The highest BCUT2D eigenvalue weighted by Crippen LogP contribution is 2.22. The Morgan fingerprint density at radius 3 is 2.53 bits per heavy atom. The molecular weight excluding hydrogens is 260 g/mol. The maximum Gasteiger partial charge on any atom is 0.151 e. The highest BCUT2D eigenvalue weighted by Gasteiger charge is 2.33. The van der Waals surface area contributed by atoms with Crippen LogP contribution in [0.5, 0.6) is 0 Å². The van der Waals surface area contributed by atoms with Crippen molar-refractivity contribution < 1.29 is 8.42 Å². The van der Waals surface area contributed by atoms with E-state index in [1.54, 1.807) is 0 Å². The number of nitrogens with two attached hydrogens (primary N) is 1. The second-order valence-electron chi connectivity index (χ2n) is 5.76. The van der Waals surface area contributed by atoms with Crippen LogP contribution in [0.3, 0.4) is 0 Å². The average molecular weight is 282 g/mol. The first-order valence-electron chi connectivity index (χ1n) is 6.55. The summed E-state index contributed by atoms with van der Waals surface area (Å²) in [6, 6.07) is 10.0. The van der Waals surface area contributed by atoms with E-state index >= 15 is 0 Å². The summed E-state index contributed by atoms with van der Waals surface area (Å²) >= 11 is 0. The van der Waals surface area contributed by atoms with E-state index in [0.29, 0.717) is 18.7 Å². The van der Waals surface area contributed by atoms with Crippen LogP contribution in [-0.4, -0.2) is 44.5 Å². The number of sulfone groups is 1. The summed E-state index contributed by atoms with van der Waals surface area (Å²) < 4.78 is 23.0. The van der Waals surface area contributed by atoms with Gasteiger partial charge in [-0.1, -0.05) is 30.3 Å². The lowest BCUT2D eigenvalue weighted by atomic mass is 9.92. The summed E-state index contributed by atoms with van der Waals surface area (Å²) in [5.74, 6) is 0.559. The maximum atomic E-state index is 11.5. The number of likely N-dealkylation sites (N-methyl/N-ethyl adjacent to an activating group) is 1. The van der Waals surface area contributed by atoms with E-state index in [2.05, 4.69) is 4.90 Å². The smallest absolute Gasteiger partial charge is 0.151 e. The molecule has 1 aliphatic heterocycles. The largest absolute Gasteiger partial charge is 0.321 e. The molecule has 2 N–H and O–H groups in total. The lowest BCUT2D eigenvalue weighted by Gasteiger charge is -2.33. The van der Waals surface area contributed by atoms with Crippen molar-refractivity contribution in [2.45, 2.75) is 24.9 Å². The van der Waals surface area contributed by atoms with E-state index < -0.39 is 15.4 Å². The molecule has 0 aliphatic carbocycles. The molecule has 1 aliphatic rings. The standard InChI is InChI=1S/C14H22N2O2S/c1-14(15,12-6-4-3-5-7-12)11-16(2)13-8-9-19(17,18)10-13/h3-7,13H,8-11,15H2,1-2H3. The van der Waals surface area contributed by atoms with Gasteiger partial charge in [-0.05, 0) is 26.0 Å². The molecule has 1 aromatic carbocycles. The fourth-order valence-electron chi connectivity index (χ4n) is 2.68. The van der Waals surface area contributed by atoms with Crippen LogP contribution in [0.2, 0.25) is 0 Å². The van der Waals surface area contributed by atoms with Crippen molar-refractivity contribution in [3.05, 3.63) is 35.9 Å². The molecule has 1 saturated heterocycles. The van der Waals surface area contributed by atoms with Gasteiger partial charge in [-0.25, -0.2) is 8.42 Å². The van der Waals surface area contributed by atoms with Crippen LogP contribution in [0.4, 0.5) is 0 Å². The van der Waals surface area contributed by atoms with E-state index in [1.807, 2.05) is 44.3 Å². The van der Waals surface area contributed by atoms with Gasteiger partial charge in [0.05, 0.1) is 17.0 Å². The van der Waals surface area contributed by atoms with Crippen LogP contribution >= 0.6 is 0 Å². The van der Waals surface area contributed by atoms with Gasteiger partial charge in [-0.2, -0.15) is 0 Å². The minimum absolute atomic E-state index is 0.0941. The van der Waals surface area contributed by atoms with Crippen LogP contribution in [0, 0.1) is 0 Å². The zero-order chi connectivity index (χ0) is 14.1. The molecule has 2 unspecified atom stereocenters. The topological polar surface area (TPSA) is 63.4 Å². The van der Waals surface area contributed by atoms with Gasteiger partial charge in [0.2, 0.25) is 0 Å². The quantitative estimate of drug-likeness (QED) is 0.894. The van der Waals surface area contributed by atoms with Crippen molar-refractivity contribution in [3.63, 3.8) is 0 Å². The van der Waals surface area contributed by atoms with Crippen LogP contribution in [0.15, 0.2) is 30.3 Å². The first-order chi connectivity index (χ1) is 8.80. The van der Waals surface area contributed by atoms with Gasteiger partial charge in [0.1, 0.15) is 0 Å². The summed E-state index contributed by atoms with van der Waals surface area (Å²) in [7, 11) is -0.885. The third-order valence-corrected chi connectivity index (χ3v) is 5.59. The molecule has 106 valence electrons. The zero-order valence-electron chi connectivity index (χ0n) is 11.5. The van der Waals surface area contributed by atoms with Crippen molar-refractivity contribution in [3.8, 4) is 0 Å². The Kier molecular flexibility index (Phi) is 3.99. The normalized spacial score (nSPS) is 25.4. The molecule has 1 heterocycles. The molecule has 4 nitrogen and oxygen atoms in total. The third kappa shape index (κ3) is 3.55. The van der Waals surface area contributed by atoms with E-state index in [4.69, 9.17) is 5.73 Å². The number of rotatable bonds is 4. The number of nitrogens with zero attached hydrogens (tertiary/aromatic N) is 1. The molecule has 2 rings (SSSR count). The number of benzene rings is 1. The molecule has 0 radical (unpaired) electrons. The van der Waals surface area contributed by atoms with Gasteiger partial charge >= 0.3 is 0 Å². The third-order valence-electron chi connectivity index (χ3n) is 3.84. The van der Waals surface area contributed by atoms with Gasteiger partial charge in [-0.3, -0.25) is 0 Å². The highest BCUT2D eigenvalue weighted by atomic mass is 32.2. The first kappa shape index (κ1) is 14.5. The second-order valence-corrected chi connectivity index (χ2v) is 7.98. The van der Waals surface area contributed by atoms with Crippen molar-refractivity contribution in [1.82, 2.24) is 4.90 Å². The zero-order valence-corrected chi connectivity index (χ0v) is 12.4. The molecule has 0 aromatic heterocycles. The van der Waals surface area contributed by atoms with Crippen molar-refractivity contribution in [2.24, 2.45) is 5.73 Å². The Morgan fingerprint density at radius 1 is 1.37 bits per heavy atom. The molecule has 0 amide bonds. The van der Waals surface area contributed by atoms with Gasteiger partial charge in [-0.15, -0.1) is 0 Å². The molecule has 19 heavy (non-hydrogen) atoms. The minimum Gasteiger partial charge on any atom is -0.321 e. The predicted molar refractivity (Wildman–Crippen MR) is 77.7 cm³/mol. The number of hydrogen-bond acceptors (Lipinski definition) is 4. The lowest BCUT2D eigenvalue weighted by molar-refractivity contribution is 0.209. The Bertz CT molecular complexity index is 526. The van der Waals surface area contributed by atoms with E-state index in [0.717, 1.165) is 5.56 Å². The van der Waals surface area contributed by atoms with Crippen LogP contribution in [-0.2, 0) is 15.4 Å². The molecule has 5 heteroatoms. The van der Waals surface area contributed by atoms with E-state index in [9.17, 15) is 8.42 Å². The Hall–Kier alpha value is -0.910. The lowest BCUT2D eigenvalue weighted by Crippen LogP contribution is -2.47. The summed E-state index contributed by atoms with van der Waals surface area (Å²) in [5, 5.41) is 0. The Balaban J connectivity index is 2.04. The highest BCUT2D eigenvalue weighted by molar-refractivity contribution is 7.91. The molecule has 1 aromatic rings. The van der Waals surface area contributed by atoms with Gasteiger partial charge in [0.15, 0.2) is 9.84 Å². The summed E-state index contributed by atoms with van der Waals surface area (Å²) in [6.45, 7) is 2.64. The summed E-state index contributed by atoms with van der Waals surface area (Å²) in [5.41, 5.74) is 6.99. The minimum atomic E-state index is -2.84. The number of hydrogen-bond donors (Lipinski definition) is 1. The first-order valence-corrected chi connectivity index (χ1v) is 8.37. The monoisotopic (exact) mass is 282 g/mol. The average Bonchev–Trinajstić information content (AvgIpc) is 2.70. The predicted octanol–water partition coefficient (Wildman–Crippen LogP) is 0.979. The molecule has 0 bridgehead atoms. The van der Waals surface area contributed by atoms with Gasteiger partial charge in [0.25, 0.3) is 0 Å². The summed E-state index contributed by atoms with van der Waals surface area (Å²) in [4.78, 5) is 2.08. The summed E-state index contributed by atoms with van der Waals surface area (Å²) in [6.07, 6.45) is 0.712. The van der Waals surface area contributed by atoms with Crippen molar-refractivity contribution in [2.75, 3.05) is 25.1 Å². The second kappa shape index (κ2) is 5.23. The van der Waals surface area contributed by atoms with Crippen LogP contribution in [0.25, 0.3) is 0 Å². The van der Waals surface area contributed by atoms with Crippen molar-refractivity contribution >= 4 is 9.84 Å². The molecule has 1 fully saturated rings.